The van der Waals surface area contributed by atoms with Gasteiger partial charge in [0.05, 0.1) is 36.6 Å². The maximum atomic E-state index is 13.1. The van der Waals surface area contributed by atoms with E-state index in [0.717, 1.165) is 35.6 Å². The van der Waals surface area contributed by atoms with Crippen molar-refractivity contribution in [2.45, 2.75) is 44.8 Å². The quantitative estimate of drug-likeness (QED) is 0.314. The molecule has 0 aliphatic heterocycles. The number of hydrogen-bond donors (Lipinski definition) is 0. The summed E-state index contributed by atoms with van der Waals surface area (Å²) in [6, 6.07) is 8.16. The molecule has 4 heterocycles. The van der Waals surface area contributed by atoms with E-state index in [-0.39, 0.29) is 5.41 Å². The highest BCUT2D eigenvalue weighted by atomic mass is 19.4. The zero-order valence-corrected chi connectivity index (χ0v) is 20.9. The van der Waals surface area contributed by atoms with Crippen molar-refractivity contribution in [3.05, 3.63) is 71.7 Å². The molecular formula is C26H23F3N8O. The van der Waals surface area contributed by atoms with Gasteiger partial charge in [0, 0.05) is 17.3 Å². The molecule has 1 aliphatic rings. The summed E-state index contributed by atoms with van der Waals surface area (Å²) in [5, 5.41) is 8.97. The van der Waals surface area contributed by atoms with Gasteiger partial charge in [-0.25, -0.2) is 29.3 Å². The number of halogens is 3. The smallest absolute Gasteiger partial charge is 0.435 e. The molecule has 0 amide bonds. The van der Waals surface area contributed by atoms with Crippen LogP contribution < -0.4 is 4.74 Å². The fraction of sp³-hybridized carbons (Fsp3) is 0.308. The number of aryl methyl sites for hydroxylation is 1. The molecular weight excluding hydrogens is 497 g/mol. The van der Waals surface area contributed by atoms with Crippen LogP contribution in [0.5, 0.6) is 5.88 Å². The second-order valence-electron chi connectivity index (χ2n) is 9.69. The van der Waals surface area contributed by atoms with Gasteiger partial charge in [-0.1, -0.05) is 19.1 Å². The molecule has 0 atom stereocenters. The van der Waals surface area contributed by atoms with Gasteiger partial charge in [0.2, 0.25) is 5.88 Å². The molecule has 1 fully saturated rings. The van der Waals surface area contributed by atoms with Crippen molar-refractivity contribution in [3.8, 4) is 23.0 Å². The van der Waals surface area contributed by atoms with Crippen molar-refractivity contribution >= 4 is 11.0 Å². The van der Waals surface area contributed by atoms with E-state index in [4.69, 9.17) is 9.72 Å². The molecule has 0 unspecified atom stereocenters. The first-order valence-corrected chi connectivity index (χ1v) is 12.0. The number of ether oxygens (including phenoxy) is 1. The highest BCUT2D eigenvalue weighted by Gasteiger charge is 2.44. The van der Waals surface area contributed by atoms with E-state index >= 15 is 0 Å². The van der Waals surface area contributed by atoms with Gasteiger partial charge < -0.3 is 4.74 Å². The Labute approximate surface area is 215 Å². The summed E-state index contributed by atoms with van der Waals surface area (Å²) in [6.07, 6.45) is 2.46. The van der Waals surface area contributed by atoms with Gasteiger partial charge in [0.25, 0.3) is 0 Å². The van der Waals surface area contributed by atoms with Gasteiger partial charge in [-0.05, 0) is 43.5 Å². The van der Waals surface area contributed by atoms with Crippen LogP contribution in [0.15, 0.2) is 49.1 Å². The van der Waals surface area contributed by atoms with Crippen LogP contribution >= 0.6 is 0 Å². The van der Waals surface area contributed by atoms with Gasteiger partial charge in [-0.3, -0.25) is 0 Å². The van der Waals surface area contributed by atoms with Gasteiger partial charge in [0.15, 0.2) is 17.2 Å². The van der Waals surface area contributed by atoms with Crippen molar-refractivity contribution < 1.29 is 17.9 Å². The van der Waals surface area contributed by atoms with Crippen LogP contribution in [0.1, 0.15) is 42.4 Å². The predicted molar refractivity (Wildman–Crippen MR) is 132 cm³/mol. The van der Waals surface area contributed by atoms with Crippen LogP contribution in [0.3, 0.4) is 0 Å². The maximum absolute atomic E-state index is 13.1. The van der Waals surface area contributed by atoms with E-state index in [0.29, 0.717) is 40.8 Å². The van der Waals surface area contributed by atoms with Gasteiger partial charge in [0.1, 0.15) is 11.9 Å². The molecule has 6 rings (SSSR count). The highest BCUT2D eigenvalue weighted by molar-refractivity contribution is 5.77. The molecule has 0 radical (unpaired) electrons. The summed E-state index contributed by atoms with van der Waals surface area (Å²) in [7, 11) is 1.56. The van der Waals surface area contributed by atoms with Crippen molar-refractivity contribution in [2.75, 3.05) is 7.11 Å². The molecule has 12 heteroatoms. The lowest BCUT2D eigenvalue weighted by atomic mass is 9.99. The zero-order valence-electron chi connectivity index (χ0n) is 20.9. The number of fused-ring (bicyclic) bond motifs is 1. The average molecular weight is 521 g/mol. The van der Waals surface area contributed by atoms with Crippen molar-refractivity contribution in [1.82, 2.24) is 39.5 Å². The summed E-state index contributed by atoms with van der Waals surface area (Å²) in [5.41, 5.74) is 3.04. The molecule has 194 valence electrons. The van der Waals surface area contributed by atoms with Crippen LogP contribution in [-0.4, -0.2) is 46.6 Å². The molecule has 1 aromatic carbocycles. The average Bonchev–Trinajstić information content (AvgIpc) is 3.34. The molecule has 0 saturated heterocycles. The van der Waals surface area contributed by atoms with E-state index in [1.165, 1.54) is 11.0 Å². The van der Waals surface area contributed by atoms with E-state index in [1.807, 2.05) is 12.1 Å². The summed E-state index contributed by atoms with van der Waals surface area (Å²) in [4.78, 5) is 18.2. The van der Waals surface area contributed by atoms with Gasteiger partial charge in [-0.15, -0.1) is 0 Å². The van der Waals surface area contributed by atoms with Crippen molar-refractivity contribution in [3.63, 3.8) is 0 Å². The zero-order chi connectivity index (χ0) is 26.7. The number of aromatic nitrogens is 8. The Morgan fingerprint density at radius 3 is 2.47 bits per heavy atom. The lowest BCUT2D eigenvalue weighted by Crippen LogP contribution is -2.10. The summed E-state index contributed by atoms with van der Waals surface area (Å²) in [6.45, 7) is 4.14. The number of nitrogens with zero attached hydrogens (tertiary/aromatic N) is 8. The number of alkyl halides is 3. The second kappa shape index (κ2) is 8.61. The lowest BCUT2D eigenvalue weighted by Gasteiger charge is -2.15. The van der Waals surface area contributed by atoms with Gasteiger partial charge >= 0.3 is 6.18 Å². The first kappa shape index (κ1) is 24.0. The second-order valence-corrected chi connectivity index (χ2v) is 9.69. The van der Waals surface area contributed by atoms with E-state index < -0.39 is 11.9 Å². The Morgan fingerprint density at radius 1 is 1.05 bits per heavy atom. The Bertz CT molecular complexity index is 1650. The van der Waals surface area contributed by atoms with E-state index in [9.17, 15) is 13.2 Å². The molecule has 9 nitrogen and oxygen atoms in total. The van der Waals surface area contributed by atoms with Crippen molar-refractivity contribution in [2.24, 2.45) is 0 Å². The Morgan fingerprint density at radius 2 is 1.82 bits per heavy atom. The fourth-order valence-corrected chi connectivity index (χ4v) is 4.50. The molecule has 5 aromatic rings. The summed E-state index contributed by atoms with van der Waals surface area (Å²) in [5.74, 6) is 0.886. The Hall–Kier alpha value is -4.35. The SMILES string of the molecule is COc1ncnc(C2(C)CC2)c1-c1ncc2cnn(Cc3ccc(-n4nc(C(F)(F)F)cc4C)cc3)c2n1. The molecule has 0 spiro atoms. The minimum Gasteiger partial charge on any atom is -0.480 e. The molecule has 38 heavy (non-hydrogen) atoms. The van der Waals surface area contributed by atoms with Gasteiger partial charge in [-0.2, -0.15) is 23.4 Å². The minimum absolute atomic E-state index is 0.0559. The fourth-order valence-electron chi connectivity index (χ4n) is 4.50. The van der Waals surface area contributed by atoms with Crippen LogP contribution in [0, 0.1) is 6.92 Å². The third kappa shape index (κ3) is 4.15. The van der Waals surface area contributed by atoms with Crippen LogP contribution in [0.4, 0.5) is 13.2 Å². The highest BCUT2D eigenvalue weighted by Crippen LogP contribution is 2.50. The largest absolute Gasteiger partial charge is 0.480 e. The predicted octanol–water partition coefficient (Wildman–Crippen LogP) is 4.90. The summed E-state index contributed by atoms with van der Waals surface area (Å²) >= 11 is 0. The van der Waals surface area contributed by atoms with Crippen LogP contribution in [-0.2, 0) is 18.1 Å². The molecule has 0 bridgehead atoms. The minimum atomic E-state index is -4.50. The standard InChI is InChI=1S/C26H23F3N8O/c1-15-10-19(26(27,28)29)35-37(15)18-6-4-16(5-7-18)13-36-23-17(12-33-36)11-30-22(34-23)20-21(25(2)8-9-25)31-14-32-24(20)38-3/h4-7,10-12,14H,8-9,13H2,1-3H3. The first-order chi connectivity index (χ1) is 18.2. The molecule has 0 N–H and O–H groups in total. The summed E-state index contributed by atoms with van der Waals surface area (Å²) < 4.78 is 47.7. The monoisotopic (exact) mass is 520 g/mol. The Kier molecular flexibility index (Phi) is 5.44. The first-order valence-electron chi connectivity index (χ1n) is 12.0. The third-order valence-electron chi connectivity index (χ3n) is 6.87. The third-order valence-corrected chi connectivity index (χ3v) is 6.87. The van der Waals surface area contributed by atoms with Crippen molar-refractivity contribution in [1.29, 1.82) is 0 Å². The number of rotatable bonds is 6. The van der Waals surface area contributed by atoms with E-state index in [1.54, 1.807) is 43.2 Å². The van der Waals surface area contributed by atoms with Crippen LogP contribution in [0.2, 0.25) is 0 Å². The van der Waals surface area contributed by atoms with Crippen LogP contribution in [0.25, 0.3) is 28.1 Å². The lowest BCUT2D eigenvalue weighted by molar-refractivity contribution is -0.141. The maximum Gasteiger partial charge on any atom is 0.435 e. The van der Waals surface area contributed by atoms with E-state index in [2.05, 4.69) is 32.1 Å². The number of hydrogen-bond acceptors (Lipinski definition) is 7. The molecule has 1 aliphatic carbocycles. The topological polar surface area (TPSA) is 96.4 Å². The number of methoxy groups -OCH3 is 1. The number of benzene rings is 1. The normalized spacial score (nSPS) is 14.7. The molecule has 1 saturated carbocycles. The Balaban J connectivity index is 1.32. The molecule has 4 aromatic heterocycles.